The third-order valence-corrected chi connectivity index (χ3v) is 2.96. The minimum Gasteiger partial charge on any atom is -0.198 e. The first-order chi connectivity index (χ1) is 5.83. The van der Waals surface area contributed by atoms with Gasteiger partial charge in [-0.15, -0.1) is 0 Å². The highest BCUT2D eigenvalue weighted by atomic mass is 14.3. The van der Waals surface area contributed by atoms with E-state index in [0.29, 0.717) is 0 Å². The van der Waals surface area contributed by atoms with Gasteiger partial charge >= 0.3 is 0 Å². The van der Waals surface area contributed by atoms with Gasteiger partial charge in [-0.1, -0.05) is 40.0 Å². The molecule has 13 heavy (non-hydrogen) atoms. The second-order valence-electron chi connectivity index (χ2n) is 4.19. The van der Waals surface area contributed by atoms with Gasteiger partial charge < -0.3 is 0 Å². The van der Waals surface area contributed by atoms with Crippen molar-refractivity contribution in [3.63, 3.8) is 0 Å². The average molecular weight is 181 g/mol. The number of hydrogen-bond donors (Lipinski definition) is 0. The van der Waals surface area contributed by atoms with E-state index in [2.05, 4.69) is 13.0 Å². The maximum atomic E-state index is 8.43. The van der Waals surface area contributed by atoms with E-state index < -0.39 is 0 Å². The zero-order valence-corrected chi connectivity index (χ0v) is 8.05. The molecule has 0 aromatic rings. The zero-order chi connectivity index (χ0) is 8.81. The maximum absolute atomic E-state index is 8.43. The molecule has 0 saturated heterocycles. The van der Waals surface area contributed by atoms with Crippen molar-refractivity contribution in [2.45, 2.75) is 59.3 Å². The average Bonchev–Trinajstić information content (AvgIpc) is 2.53. The molecule has 0 heterocycles. The van der Waals surface area contributed by atoms with Crippen molar-refractivity contribution in [3.8, 4) is 6.07 Å². The summed E-state index contributed by atoms with van der Waals surface area (Å²) in [5, 5.41) is 8.43. The van der Waals surface area contributed by atoms with Crippen molar-refractivity contribution in [2.75, 3.05) is 0 Å². The van der Waals surface area contributed by atoms with Gasteiger partial charge in [0.15, 0.2) is 0 Å². The number of rotatable bonds is 4. The van der Waals surface area contributed by atoms with Crippen molar-refractivity contribution in [2.24, 2.45) is 11.8 Å². The number of hydrogen-bond acceptors (Lipinski definition) is 1. The van der Waals surface area contributed by atoms with Gasteiger partial charge in [0.05, 0.1) is 6.07 Å². The van der Waals surface area contributed by atoms with Crippen LogP contribution in [-0.2, 0) is 0 Å². The fraction of sp³-hybridized carbons (Fsp3) is 0.917. The van der Waals surface area contributed by atoms with Crippen molar-refractivity contribution in [1.29, 1.82) is 5.26 Å². The molecular weight excluding hydrogens is 158 g/mol. The lowest BCUT2D eigenvalue weighted by atomic mass is 9.92. The number of nitriles is 1. The highest BCUT2D eigenvalue weighted by molar-refractivity contribution is 4.74. The Kier molecular flexibility index (Phi) is 6.68. The Bertz CT molecular complexity index is 151. The first kappa shape index (κ1) is 12.5. The summed E-state index contributed by atoms with van der Waals surface area (Å²) in [7, 11) is 0. The van der Waals surface area contributed by atoms with Crippen LogP contribution in [0, 0.1) is 23.2 Å². The summed E-state index contributed by atoms with van der Waals surface area (Å²) >= 11 is 0. The topological polar surface area (TPSA) is 23.8 Å². The van der Waals surface area contributed by atoms with Crippen molar-refractivity contribution in [3.05, 3.63) is 0 Å². The van der Waals surface area contributed by atoms with Crippen LogP contribution in [0.5, 0.6) is 0 Å². The summed E-state index contributed by atoms with van der Waals surface area (Å²) in [4.78, 5) is 0. The molecule has 1 rings (SSSR count). The molecule has 0 aromatic heterocycles. The van der Waals surface area contributed by atoms with Gasteiger partial charge in [0.1, 0.15) is 0 Å². The Balaban J connectivity index is 0.00000144. The predicted octanol–water partition coefficient (Wildman–Crippen LogP) is 4.14. The third-order valence-electron chi connectivity index (χ3n) is 2.96. The fourth-order valence-electron chi connectivity index (χ4n) is 2.24. The number of nitrogens with zero attached hydrogens (tertiary/aromatic N) is 1. The lowest BCUT2D eigenvalue weighted by molar-refractivity contribution is 0.382. The van der Waals surface area contributed by atoms with E-state index in [1.54, 1.807) is 0 Å². The summed E-state index contributed by atoms with van der Waals surface area (Å²) < 4.78 is 0. The van der Waals surface area contributed by atoms with Crippen molar-refractivity contribution >= 4 is 0 Å². The first-order valence-corrected chi connectivity index (χ1v) is 5.20. The molecule has 0 N–H and O–H groups in total. The van der Waals surface area contributed by atoms with Crippen LogP contribution < -0.4 is 0 Å². The Morgan fingerprint density at radius 1 is 1.38 bits per heavy atom. The Morgan fingerprint density at radius 3 is 2.54 bits per heavy atom. The van der Waals surface area contributed by atoms with Gasteiger partial charge in [-0.2, -0.15) is 5.26 Å². The molecule has 1 atom stereocenters. The lowest BCUT2D eigenvalue weighted by Gasteiger charge is -2.14. The van der Waals surface area contributed by atoms with Crippen LogP contribution in [0.2, 0.25) is 0 Å². The van der Waals surface area contributed by atoms with Crippen LogP contribution in [0.4, 0.5) is 0 Å². The van der Waals surface area contributed by atoms with Crippen LogP contribution in [0.15, 0.2) is 0 Å². The van der Waals surface area contributed by atoms with Crippen molar-refractivity contribution < 1.29 is 0 Å². The molecular formula is C12H23N. The van der Waals surface area contributed by atoms with E-state index in [4.69, 9.17) is 5.26 Å². The van der Waals surface area contributed by atoms with E-state index in [1.165, 1.54) is 32.1 Å². The fourth-order valence-corrected chi connectivity index (χ4v) is 2.24. The molecule has 76 valence electrons. The summed E-state index contributed by atoms with van der Waals surface area (Å²) in [6, 6.07) is 2.22. The molecule has 1 saturated carbocycles. The van der Waals surface area contributed by atoms with E-state index in [1.807, 2.05) is 0 Å². The standard InChI is InChI=1S/C11H19N.CH4/c1-10(5-4-8-12)9-11-6-2-3-7-11;/h10-11H,2-7,9H2,1H3;1H4. The molecule has 1 heteroatoms. The molecule has 1 aliphatic rings. The molecule has 1 nitrogen and oxygen atoms in total. The minimum atomic E-state index is 0. The van der Waals surface area contributed by atoms with Gasteiger partial charge in [0.2, 0.25) is 0 Å². The smallest absolute Gasteiger partial charge is 0.0621 e. The summed E-state index contributed by atoms with van der Waals surface area (Å²) in [5.74, 6) is 1.76. The summed E-state index contributed by atoms with van der Waals surface area (Å²) in [6.07, 6.45) is 8.97. The molecule has 0 radical (unpaired) electrons. The van der Waals surface area contributed by atoms with Gasteiger partial charge in [-0.3, -0.25) is 0 Å². The zero-order valence-electron chi connectivity index (χ0n) is 8.05. The molecule has 0 aliphatic heterocycles. The predicted molar refractivity (Wildman–Crippen MR) is 57.3 cm³/mol. The van der Waals surface area contributed by atoms with Crippen LogP contribution in [0.3, 0.4) is 0 Å². The summed E-state index contributed by atoms with van der Waals surface area (Å²) in [5.41, 5.74) is 0. The highest BCUT2D eigenvalue weighted by Crippen LogP contribution is 2.31. The Morgan fingerprint density at radius 2 is 2.00 bits per heavy atom. The monoisotopic (exact) mass is 181 g/mol. The molecule has 0 bridgehead atoms. The lowest BCUT2D eigenvalue weighted by Crippen LogP contribution is -2.02. The molecule has 0 spiro atoms. The van der Waals surface area contributed by atoms with Crippen molar-refractivity contribution in [1.82, 2.24) is 0 Å². The SMILES string of the molecule is C.CC(CCC#N)CC1CCCC1. The van der Waals surface area contributed by atoms with E-state index in [0.717, 1.165) is 24.7 Å². The van der Waals surface area contributed by atoms with E-state index in [-0.39, 0.29) is 7.43 Å². The molecule has 0 amide bonds. The maximum Gasteiger partial charge on any atom is 0.0621 e. The van der Waals surface area contributed by atoms with Gasteiger partial charge in [-0.05, 0) is 24.7 Å². The molecule has 1 fully saturated rings. The first-order valence-electron chi connectivity index (χ1n) is 5.20. The van der Waals surface area contributed by atoms with Gasteiger partial charge in [-0.25, -0.2) is 0 Å². The third kappa shape index (κ3) is 4.93. The molecule has 1 aliphatic carbocycles. The van der Waals surface area contributed by atoms with Crippen LogP contribution in [0.1, 0.15) is 59.3 Å². The Hall–Kier alpha value is -0.510. The Labute approximate surface area is 83.1 Å². The van der Waals surface area contributed by atoms with E-state index in [9.17, 15) is 0 Å². The molecule has 1 unspecified atom stereocenters. The van der Waals surface area contributed by atoms with Gasteiger partial charge in [0, 0.05) is 6.42 Å². The summed E-state index contributed by atoms with van der Waals surface area (Å²) in [6.45, 7) is 2.29. The largest absolute Gasteiger partial charge is 0.198 e. The van der Waals surface area contributed by atoms with Crippen LogP contribution in [0.25, 0.3) is 0 Å². The van der Waals surface area contributed by atoms with Crippen LogP contribution in [-0.4, -0.2) is 0 Å². The second-order valence-corrected chi connectivity index (χ2v) is 4.19. The minimum absolute atomic E-state index is 0. The normalized spacial score (nSPS) is 19.1. The second kappa shape index (κ2) is 6.95. The quantitative estimate of drug-likeness (QED) is 0.639. The highest BCUT2D eigenvalue weighted by Gasteiger charge is 2.17. The molecule has 0 aromatic carbocycles. The van der Waals surface area contributed by atoms with E-state index >= 15 is 0 Å². The van der Waals surface area contributed by atoms with Crippen LogP contribution >= 0.6 is 0 Å². The van der Waals surface area contributed by atoms with Gasteiger partial charge in [0.25, 0.3) is 0 Å².